The van der Waals surface area contributed by atoms with E-state index in [9.17, 15) is 0 Å². The van der Waals surface area contributed by atoms with Crippen molar-refractivity contribution < 1.29 is 0 Å². The smallest absolute Gasteiger partial charge is 0.146 e. The SMILES string of the molecule is CC(C)Cc1nc(Cc2ccccn2)nc(Cl)c1I. The van der Waals surface area contributed by atoms with Gasteiger partial charge in [-0.1, -0.05) is 31.5 Å². The van der Waals surface area contributed by atoms with Crippen LogP contribution in [0.2, 0.25) is 5.15 Å². The molecule has 2 heterocycles. The second kappa shape index (κ2) is 6.61. The van der Waals surface area contributed by atoms with E-state index in [0.717, 1.165) is 27.2 Å². The van der Waals surface area contributed by atoms with Gasteiger partial charge in [0.1, 0.15) is 11.0 Å². The molecule has 0 saturated carbocycles. The maximum atomic E-state index is 6.19. The third kappa shape index (κ3) is 4.11. The Labute approximate surface area is 132 Å². The second-order valence-electron chi connectivity index (χ2n) is 4.79. The first-order valence-corrected chi connectivity index (χ1v) is 7.62. The summed E-state index contributed by atoms with van der Waals surface area (Å²) in [5, 5.41) is 0.539. The van der Waals surface area contributed by atoms with Gasteiger partial charge in [-0.15, -0.1) is 0 Å². The molecule has 0 aliphatic heterocycles. The molecule has 0 amide bonds. The van der Waals surface area contributed by atoms with E-state index >= 15 is 0 Å². The van der Waals surface area contributed by atoms with Crippen molar-refractivity contribution in [3.63, 3.8) is 0 Å². The van der Waals surface area contributed by atoms with Crippen LogP contribution in [0.15, 0.2) is 24.4 Å². The largest absolute Gasteiger partial charge is 0.261 e. The molecule has 2 aromatic rings. The monoisotopic (exact) mass is 387 g/mol. The Morgan fingerprint density at radius 3 is 2.68 bits per heavy atom. The number of rotatable bonds is 4. The number of aromatic nitrogens is 3. The predicted molar refractivity (Wildman–Crippen MR) is 85.3 cm³/mol. The molecule has 0 aromatic carbocycles. The quantitative estimate of drug-likeness (QED) is 0.589. The van der Waals surface area contributed by atoms with Crippen LogP contribution in [0.1, 0.15) is 31.1 Å². The molecule has 0 atom stereocenters. The fraction of sp³-hybridized carbons (Fsp3) is 0.357. The molecule has 3 nitrogen and oxygen atoms in total. The van der Waals surface area contributed by atoms with Gasteiger partial charge in [-0.3, -0.25) is 4.98 Å². The Morgan fingerprint density at radius 1 is 1.26 bits per heavy atom. The van der Waals surface area contributed by atoms with E-state index in [1.165, 1.54) is 0 Å². The summed E-state index contributed by atoms with van der Waals surface area (Å²) < 4.78 is 0.956. The zero-order valence-corrected chi connectivity index (χ0v) is 13.8. The van der Waals surface area contributed by atoms with E-state index in [2.05, 4.69) is 51.4 Å². The van der Waals surface area contributed by atoms with Crippen LogP contribution in [-0.2, 0) is 12.8 Å². The van der Waals surface area contributed by atoms with Gasteiger partial charge in [0.2, 0.25) is 0 Å². The first-order valence-electron chi connectivity index (χ1n) is 6.17. The molecule has 100 valence electrons. The van der Waals surface area contributed by atoms with E-state index in [-0.39, 0.29) is 0 Å². The van der Waals surface area contributed by atoms with Crippen molar-refractivity contribution in [2.45, 2.75) is 26.7 Å². The summed E-state index contributed by atoms with van der Waals surface area (Å²) in [5.41, 5.74) is 1.98. The van der Waals surface area contributed by atoms with E-state index in [0.29, 0.717) is 17.5 Å². The molecule has 5 heteroatoms. The molecule has 0 spiro atoms. The summed E-state index contributed by atoms with van der Waals surface area (Å²) in [6.07, 6.45) is 3.30. The van der Waals surface area contributed by atoms with Crippen LogP contribution < -0.4 is 0 Å². The molecule has 2 rings (SSSR count). The summed E-state index contributed by atoms with van der Waals surface area (Å²) in [6.45, 7) is 4.34. The fourth-order valence-electron chi connectivity index (χ4n) is 1.78. The number of hydrogen-bond donors (Lipinski definition) is 0. The lowest BCUT2D eigenvalue weighted by Crippen LogP contribution is -2.07. The van der Waals surface area contributed by atoms with Crippen molar-refractivity contribution in [2.75, 3.05) is 0 Å². The van der Waals surface area contributed by atoms with Crippen LogP contribution in [0.4, 0.5) is 0 Å². The summed E-state index contributed by atoms with van der Waals surface area (Å²) in [7, 11) is 0. The summed E-state index contributed by atoms with van der Waals surface area (Å²) in [6, 6.07) is 5.83. The minimum absolute atomic E-state index is 0.539. The van der Waals surface area contributed by atoms with Crippen molar-refractivity contribution in [3.05, 3.63) is 50.3 Å². The van der Waals surface area contributed by atoms with Gasteiger partial charge in [0, 0.05) is 11.9 Å². The zero-order chi connectivity index (χ0) is 13.8. The fourth-order valence-corrected chi connectivity index (χ4v) is 2.45. The molecule has 0 unspecified atom stereocenters. The molecule has 19 heavy (non-hydrogen) atoms. The molecule has 0 saturated heterocycles. The Kier molecular flexibility index (Phi) is 5.10. The highest BCUT2D eigenvalue weighted by Gasteiger charge is 2.12. The minimum Gasteiger partial charge on any atom is -0.261 e. The minimum atomic E-state index is 0.539. The molecule has 0 aliphatic carbocycles. The molecule has 0 bridgehead atoms. The number of halogens is 2. The van der Waals surface area contributed by atoms with Gasteiger partial charge in [-0.2, -0.15) is 0 Å². The van der Waals surface area contributed by atoms with Crippen LogP contribution in [-0.4, -0.2) is 15.0 Å². The Balaban J connectivity index is 2.29. The first kappa shape index (κ1) is 14.7. The first-order chi connectivity index (χ1) is 9.06. The third-order valence-electron chi connectivity index (χ3n) is 2.59. The van der Waals surface area contributed by atoms with Gasteiger partial charge < -0.3 is 0 Å². The average Bonchev–Trinajstić information content (AvgIpc) is 2.36. The standard InChI is InChI=1S/C14H15ClIN3/c1-9(2)7-11-13(16)14(15)19-12(18-11)8-10-5-3-4-6-17-10/h3-6,9H,7-8H2,1-2H3. The van der Waals surface area contributed by atoms with Crippen molar-refractivity contribution in [1.82, 2.24) is 15.0 Å². The maximum absolute atomic E-state index is 6.19. The van der Waals surface area contributed by atoms with Crippen LogP contribution in [0.3, 0.4) is 0 Å². The topological polar surface area (TPSA) is 38.7 Å². The predicted octanol–water partition coefficient (Wildman–Crippen LogP) is 3.92. The highest BCUT2D eigenvalue weighted by Crippen LogP contribution is 2.22. The Morgan fingerprint density at radius 2 is 2.05 bits per heavy atom. The van der Waals surface area contributed by atoms with Crippen molar-refractivity contribution >= 4 is 34.2 Å². The van der Waals surface area contributed by atoms with E-state index in [1.54, 1.807) is 6.20 Å². The van der Waals surface area contributed by atoms with Crippen molar-refractivity contribution in [1.29, 1.82) is 0 Å². The average molecular weight is 388 g/mol. The van der Waals surface area contributed by atoms with E-state index < -0.39 is 0 Å². The summed E-state index contributed by atoms with van der Waals surface area (Å²) in [4.78, 5) is 13.3. The molecule has 0 aliphatic rings. The van der Waals surface area contributed by atoms with Crippen LogP contribution >= 0.6 is 34.2 Å². The van der Waals surface area contributed by atoms with Crippen LogP contribution in [0.25, 0.3) is 0 Å². The number of nitrogens with zero attached hydrogens (tertiary/aromatic N) is 3. The van der Waals surface area contributed by atoms with Crippen LogP contribution in [0, 0.1) is 9.49 Å². The maximum Gasteiger partial charge on any atom is 0.146 e. The lowest BCUT2D eigenvalue weighted by molar-refractivity contribution is 0.628. The summed E-state index contributed by atoms with van der Waals surface area (Å²) in [5.74, 6) is 1.28. The Hall–Kier alpha value is -0.750. The zero-order valence-electron chi connectivity index (χ0n) is 10.9. The molecule has 2 aromatic heterocycles. The number of pyridine rings is 1. The van der Waals surface area contributed by atoms with E-state index in [1.807, 2.05) is 18.2 Å². The van der Waals surface area contributed by atoms with Crippen molar-refractivity contribution in [3.8, 4) is 0 Å². The molecular formula is C14H15ClIN3. The highest BCUT2D eigenvalue weighted by atomic mass is 127. The number of hydrogen-bond acceptors (Lipinski definition) is 3. The van der Waals surface area contributed by atoms with Gasteiger partial charge in [-0.25, -0.2) is 9.97 Å². The normalized spacial score (nSPS) is 11.0. The lowest BCUT2D eigenvalue weighted by atomic mass is 10.1. The highest BCUT2D eigenvalue weighted by molar-refractivity contribution is 14.1. The van der Waals surface area contributed by atoms with Crippen LogP contribution in [0.5, 0.6) is 0 Å². The molecule has 0 radical (unpaired) electrons. The van der Waals surface area contributed by atoms with Gasteiger partial charge in [-0.05, 0) is 47.1 Å². The van der Waals surface area contributed by atoms with Gasteiger partial charge >= 0.3 is 0 Å². The Bertz CT molecular complexity index is 558. The van der Waals surface area contributed by atoms with Gasteiger partial charge in [0.15, 0.2) is 0 Å². The van der Waals surface area contributed by atoms with E-state index in [4.69, 9.17) is 11.6 Å². The molecular weight excluding hydrogens is 373 g/mol. The summed E-state index contributed by atoms with van der Waals surface area (Å²) >= 11 is 8.40. The molecule has 0 N–H and O–H groups in total. The van der Waals surface area contributed by atoms with Gasteiger partial charge in [0.05, 0.1) is 15.7 Å². The van der Waals surface area contributed by atoms with Crippen molar-refractivity contribution in [2.24, 2.45) is 5.92 Å². The third-order valence-corrected chi connectivity index (χ3v) is 4.32. The van der Waals surface area contributed by atoms with Gasteiger partial charge in [0.25, 0.3) is 0 Å². The molecule has 0 fully saturated rings. The lowest BCUT2D eigenvalue weighted by Gasteiger charge is -2.10. The second-order valence-corrected chi connectivity index (χ2v) is 6.22.